The van der Waals surface area contributed by atoms with Gasteiger partial charge in [-0.15, -0.1) is 0 Å². The van der Waals surface area contributed by atoms with Gasteiger partial charge < -0.3 is 10.2 Å². The molecule has 0 spiro atoms. The van der Waals surface area contributed by atoms with E-state index < -0.39 is 0 Å². The van der Waals surface area contributed by atoms with Crippen molar-refractivity contribution in [3.63, 3.8) is 0 Å². The van der Waals surface area contributed by atoms with Gasteiger partial charge in [0, 0.05) is 25.7 Å². The highest BCUT2D eigenvalue weighted by Gasteiger charge is 2.26. The first-order chi connectivity index (χ1) is 9.41. The molecule has 20 heavy (non-hydrogen) atoms. The van der Waals surface area contributed by atoms with Crippen LogP contribution >= 0.6 is 0 Å². The van der Waals surface area contributed by atoms with Crippen LogP contribution in [0.15, 0.2) is 24.3 Å². The Labute approximate surface area is 123 Å². The second-order valence-electron chi connectivity index (χ2n) is 6.17. The lowest BCUT2D eigenvalue weighted by Crippen LogP contribution is -2.44. The quantitative estimate of drug-likeness (QED) is 0.772. The first-order valence-electron chi connectivity index (χ1n) is 7.64. The van der Waals surface area contributed by atoms with Crippen LogP contribution in [-0.4, -0.2) is 25.7 Å². The Hall–Kier alpha value is -1.09. The molecule has 0 heterocycles. The molecule has 0 amide bonds. The maximum Gasteiger partial charge on any atom is 0.146 e. The van der Waals surface area contributed by atoms with E-state index in [1.165, 1.54) is 6.07 Å². The summed E-state index contributed by atoms with van der Waals surface area (Å²) in [5.41, 5.74) is 0.849. The lowest BCUT2D eigenvalue weighted by atomic mass is 9.86. The fourth-order valence-electron chi connectivity index (χ4n) is 2.28. The van der Waals surface area contributed by atoms with Crippen LogP contribution in [0.1, 0.15) is 41.0 Å². The van der Waals surface area contributed by atoms with E-state index in [4.69, 9.17) is 0 Å². The molecule has 0 saturated heterocycles. The first-order valence-corrected chi connectivity index (χ1v) is 7.64. The third kappa shape index (κ3) is 4.78. The molecule has 0 aliphatic carbocycles. The number of rotatable bonds is 8. The molecule has 2 nitrogen and oxygen atoms in total. The summed E-state index contributed by atoms with van der Waals surface area (Å²) in [6.07, 6.45) is 1.07. The van der Waals surface area contributed by atoms with E-state index in [1.54, 1.807) is 6.07 Å². The summed E-state index contributed by atoms with van der Waals surface area (Å²) in [7, 11) is 0. The van der Waals surface area contributed by atoms with Crippen molar-refractivity contribution in [2.45, 2.75) is 47.1 Å². The summed E-state index contributed by atoms with van der Waals surface area (Å²) < 4.78 is 14.0. The Kier molecular flexibility index (Phi) is 6.47. The summed E-state index contributed by atoms with van der Waals surface area (Å²) >= 11 is 0. The number of nitrogens with one attached hydrogen (secondary N) is 1. The van der Waals surface area contributed by atoms with Crippen molar-refractivity contribution in [2.75, 3.05) is 24.5 Å². The van der Waals surface area contributed by atoms with E-state index in [2.05, 4.69) is 44.8 Å². The highest BCUT2D eigenvalue weighted by molar-refractivity contribution is 5.47. The van der Waals surface area contributed by atoms with Crippen LogP contribution in [0.5, 0.6) is 0 Å². The molecule has 3 heteroatoms. The van der Waals surface area contributed by atoms with Gasteiger partial charge in [-0.25, -0.2) is 4.39 Å². The van der Waals surface area contributed by atoms with Gasteiger partial charge in [-0.1, -0.05) is 39.8 Å². The first kappa shape index (κ1) is 17.0. The van der Waals surface area contributed by atoms with Gasteiger partial charge in [0.05, 0.1) is 5.69 Å². The SMILES string of the molecule is CCN(CC(C)(CC)CNC(C)C)c1ccccc1F. The van der Waals surface area contributed by atoms with Crippen LogP contribution in [0.4, 0.5) is 10.1 Å². The fraction of sp³-hybridized carbons (Fsp3) is 0.647. The molecule has 0 radical (unpaired) electrons. The second kappa shape index (κ2) is 7.63. The minimum absolute atomic E-state index is 0.135. The zero-order valence-corrected chi connectivity index (χ0v) is 13.5. The Balaban J connectivity index is 2.82. The lowest BCUT2D eigenvalue weighted by molar-refractivity contribution is 0.286. The van der Waals surface area contributed by atoms with Gasteiger partial charge in [0.25, 0.3) is 0 Å². The average molecular weight is 280 g/mol. The summed E-state index contributed by atoms with van der Waals surface area (Å²) in [6.45, 7) is 13.5. The predicted molar refractivity (Wildman–Crippen MR) is 85.8 cm³/mol. The number of para-hydroxylation sites is 1. The van der Waals surface area contributed by atoms with E-state index in [1.807, 2.05) is 12.1 Å². The molecular weight excluding hydrogens is 251 g/mol. The normalized spacial score (nSPS) is 14.3. The van der Waals surface area contributed by atoms with Crippen molar-refractivity contribution in [2.24, 2.45) is 5.41 Å². The van der Waals surface area contributed by atoms with Crippen LogP contribution in [0, 0.1) is 11.2 Å². The Morgan fingerprint density at radius 3 is 2.40 bits per heavy atom. The zero-order chi connectivity index (χ0) is 15.2. The van der Waals surface area contributed by atoms with Crippen molar-refractivity contribution < 1.29 is 4.39 Å². The van der Waals surface area contributed by atoms with E-state index >= 15 is 0 Å². The molecule has 1 unspecified atom stereocenters. The maximum atomic E-state index is 14.0. The predicted octanol–water partition coefficient (Wildman–Crippen LogP) is 4.07. The maximum absolute atomic E-state index is 14.0. The number of nitrogens with zero attached hydrogens (tertiary/aromatic N) is 1. The molecule has 0 aromatic heterocycles. The number of benzene rings is 1. The third-order valence-electron chi connectivity index (χ3n) is 3.94. The van der Waals surface area contributed by atoms with E-state index in [-0.39, 0.29) is 11.2 Å². The van der Waals surface area contributed by atoms with Gasteiger partial charge in [0.1, 0.15) is 5.82 Å². The molecule has 1 N–H and O–H groups in total. The van der Waals surface area contributed by atoms with Gasteiger partial charge in [0.15, 0.2) is 0 Å². The summed E-state index contributed by atoms with van der Waals surface area (Å²) in [6, 6.07) is 7.52. The van der Waals surface area contributed by atoms with Crippen LogP contribution in [0.2, 0.25) is 0 Å². The second-order valence-corrected chi connectivity index (χ2v) is 6.17. The zero-order valence-electron chi connectivity index (χ0n) is 13.5. The topological polar surface area (TPSA) is 15.3 Å². The van der Waals surface area contributed by atoms with E-state index in [0.717, 1.165) is 26.1 Å². The summed E-state index contributed by atoms with van der Waals surface area (Å²) in [5, 5.41) is 3.51. The van der Waals surface area contributed by atoms with Crippen molar-refractivity contribution >= 4 is 5.69 Å². The van der Waals surface area contributed by atoms with E-state index in [0.29, 0.717) is 11.7 Å². The molecule has 1 aromatic rings. The minimum Gasteiger partial charge on any atom is -0.369 e. The molecule has 1 rings (SSSR count). The highest BCUT2D eigenvalue weighted by Crippen LogP contribution is 2.27. The number of hydrogen-bond acceptors (Lipinski definition) is 2. The van der Waals surface area contributed by atoms with Gasteiger partial charge >= 0.3 is 0 Å². The van der Waals surface area contributed by atoms with Gasteiger partial charge in [-0.05, 0) is 30.9 Å². The summed E-state index contributed by atoms with van der Waals surface area (Å²) in [4.78, 5) is 2.14. The molecule has 114 valence electrons. The van der Waals surface area contributed by atoms with Gasteiger partial charge in [0.2, 0.25) is 0 Å². The molecule has 0 saturated carbocycles. The molecular formula is C17H29FN2. The highest BCUT2D eigenvalue weighted by atomic mass is 19.1. The Morgan fingerprint density at radius 2 is 1.90 bits per heavy atom. The van der Waals surface area contributed by atoms with Gasteiger partial charge in [-0.3, -0.25) is 0 Å². The smallest absolute Gasteiger partial charge is 0.146 e. The largest absolute Gasteiger partial charge is 0.369 e. The Bertz CT molecular complexity index is 406. The van der Waals surface area contributed by atoms with Crippen molar-refractivity contribution in [3.8, 4) is 0 Å². The van der Waals surface area contributed by atoms with Crippen LogP contribution < -0.4 is 10.2 Å². The standard InChI is InChI=1S/C17H29FN2/c1-6-17(5,12-19-14(3)4)13-20(7-2)16-11-9-8-10-15(16)18/h8-11,14,19H,6-7,12-13H2,1-5H3. The average Bonchev–Trinajstić information content (AvgIpc) is 2.43. The van der Waals surface area contributed by atoms with Gasteiger partial charge in [-0.2, -0.15) is 0 Å². The van der Waals surface area contributed by atoms with Crippen molar-refractivity contribution in [1.82, 2.24) is 5.32 Å². The molecule has 0 fully saturated rings. The molecule has 1 aromatic carbocycles. The third-order valence-corrected chi connectivity index (χ3v) is 3.94. The monoisotopic (exact) mass is 280 g/mol. The van der Waals surface area contributed by atoms with Crippen LogP contribution in [0.3, 0.4) is 0 Å². The van der Waals surface area contributed by atoms with Crippen molar-refractivity contribution in [1.29, 1.82) is 0 Å². The van der Waals surface area contributed by atoms with Crippen molar-refractivity contribution in [3.05, 3.63) is 30.1 Å². The molecule has 0 aliphatic rings. The summed E-state index contributed by atoms with van der Waals surface area (Å²) in [5.74, 6) is -0.135. The fourth-order valence-corrected chi connectivity index (χ4v) is 2.28. The van der Waals surface area contributed by atoms with Crippen LogP contribution in [0.25, 0.3) is 0 Å². The number of hydrogen-bond donors (Lipinski definition) is 1. The minimum atomic E-state index is -0.135. The Morgan fingerprint density at radius 1 is 1.25 bits per heavy atom. The van der Waals surface area contributed by atoms with Crippen LogP contribution in [-0.2, 0) is 0 Å². The lowest BCUT2D eigenvalue weighted by Gasteiger charge is -2.36. The van der Waals surface area contributed by atoms with E-state index in [9.17, 15) is 4.39 Å². The number of anilines is 1. The molecule has 0 bridgehead atoms. The molecule has 0 aliphatic heterocycles. The molecule has 1 atom stereocenters. The number of halogens is 1.